The highest BCUT2D eigenvalue weighted by Gasteiger charge is 2.23. The van der Waals surface area contributed by atoms with E-state index in [-0.39, 0.29) is 6.10 Å². The third-order valence-corrected chi connectivity index (χ3v) is 2.72. The highest BCUT2D eigenvalue weighted by molar-refractivity contribution is 5.78. The number of ether oxygens (including phenoxy) is 1. The van der Waals surface area contributed by atoms with Gasteiger partial charge in [0.2, 0.25) is 0 Å². The second kappa shape index (κ2) is 4.52. The molecule has 0 unspecified atom stereocenters. The summed E-state index contributed by atoms with van der Waals surface area (Å²) in [4.78, 5) is 6.02. The first-order chi connectivity index (χ1) is 7.70. The number of aliphatic imine (C=N–C) groups is 1. The van der Waals surface area contributed by atoms with Gasteiger partial charge in [0.1, 0.15) is 6.10 Å². The molecule has 88 valence electrons. The number of aromatic nitrogens is 2. The van der Waals surface area contributed by atoms with E-state index < -0.39 is 0 Å². The molecule has 1 aliphatic rings. The molecule has 1 saturated heterocycles. The van der Waals surface area contributed by atoms with E-state index in [0.717, 1.165) is 18.7 Å². The Morgan fingerprint density at radius 3 is 3.12 bits per heavy atom. The van der Waals surface area contributed by atoms with Crippen LogP contribution in [0.3, 0.4) is 0 Å². The van der Waals surface area contributed by atoms with Crippen molar-refractivity contribution in [1.82, 2.24) is 14.7 Å². The smallest absolute Gasteiger partial charge is 0.191 e. The van der Waals surface area contributed by atoms with Crippen LogP contribution in [0.15, 0.2) is 17.4 Å². The Balaban J connectivity index is 2.07. The van der Waals surface area contributed by atoms with Crippen LogP contribution in [0.2, 0.25) is 0 Å². The predicted molar refractivity (Wildman–Crippen MR) is 61.0 cm³/mol. The molecule has 2 N–H and O–H groups in total. The van der Waals surface area contributed by atoms with Crippen LogP contribution in [-0.2, 0) is 11.8 Å². The minimum Gasteiger partial charge on any atom is -0.370 e. The van der Waals surface area contributed by atoms with E-state index in [9.17, 15) is 0 Å². The number of aryl methyl sites for hydroxylation is 1. The lowest BCUT2D eigenvalue weighted by Crippen LogP contribution is -2.45. The molecule has 1 aromatic heterocycles. The van der Waals surface area contributed by atoms with Crippen molar-refractivity contribution in [3.05, 3.63) is 18.0 Å². The maximum atomic E-state index is 5.79. The normalized spacial score (nSPS) is 22.5. The summed E-state index contributed by atoms with van der Waals surface area (Å²) in [6, 6.07) is 0. The van der Waals surface area contributed by atoms with Gasteiger partial charge in [-0.3, -0.25) is 9.67 Å². The highest BCUT2D eigenvalue weighted by Crippen LogP contribution is 2.21. The van der Waals surface area contributed by atoms with Crippen molar-refractivity contribution in [2.45, 2.75) is 6.10 Å². The van der Waals surface area contributed by atoms with Crippen LogP contribution in [0.1, 0.15) is 11.7 Å². The second-order valence-corrected chi connectivity index (χ2v) is 3.83. The summed E-state index contributed by atoms with van der Waals surface area (Å²) in [5, 5.41) is 4.14. The molecule has 0 amide bonds. The van der Waals surface area contributed by atoms with Gasteiger partial charge in [-0.2, -0.15) is 5.10 Å². The zero-order chi connectivity index (χ0) is 11.5. The summed E-state index contributed by atoms with van der Waals surface area (Å²) in [7, 11) is 3.59. The predicted octanol–water partition coefficient (Wildman–Crippen LogP) is -0.262. The summed E-state index contributed by atoms with van der Waals surface area (Å²) >= 11 is 0. The van der Waals surface area contributed by atoms with E-state index >= 15 is 0 Å². The van der Waals surface area contributed by atoms with Crippen LogP contribution in [0.4, 0.5) is 0 Å². The fraction of sp³-hybridized carbons (Fsp3) is 0.600. The molecule has 0 bridgehead atoms. The summed E-state index contributed by atoms with van der Waals surface area (Å²) < 4.78 is 7.47. The van der Waals surface area contributed by atoms with Crippen molar-refractivity contribution >= 4 is 5.96 Å². The first-order valence-corrected chi connectivity index (χ1v) is 5.28. The summed E-state index contributed by atoms with van der Waals surface area (Å²) in [6.45, 7) is 2.19. The van der Waals surface area contributed by atoms with Gasteiger partial charge in [0.15, 0.2) is 5.96 Å². The third-order valence-electron chi connectivity index (χ3n) is 2.72. The van der Waals surface area contributed by atoms with Gasteiger partial charge < -0.3 is 15.4 Å². The van der Waals surface area contributed by atoms with E-state index in [1.165, 1.54) is 0 Å². The van der Waals surface area contributed by atoms with E-state index in [4.69, 9.17) is 10.5 Å². The fourth-order valence-electron chi connectivity index (χ4n) is 1.81. The molecule has 1 fully saturated rings. The lowest BCUT2D eigenvalue weighted by molar-refractivity contribution is -0.00733. The second-order valence-electron chi connectivity index (χ2n) is 3.83. The lowest BCUT2D eigenvalue weighted by atomic mass is 10.1. The maximum absolute atomic E-state index is 5.79. The SMILES string of the molecule is CN=C(N)N1CCO[C@@H](c2cnn(C)c2)C1. The third kappa shape index (κ3) is 2.16. The average molecular weight is 223 g/mol. The summed E-state index contributed by atoms with van der Waals surface area (Å²) in [6.07, 6.45) is 3.82. The molecular weight excluding hydrogens is 206 g/mol. The molecule has 0 saturated carbocycles. The molecule has 0 spiro atoms. The number of nitrogens with zero attached hydrogens (tertiary/aromatic N) is 4. The summed E-state index contributed by atoms with van der Waals surface area (Å²) in [5.74, 6) is 0.567. The van der Waals surface area contributed by atoms with Gasteiger partial charge in [-0.1, -0.05) is 0 Å². The Morgan fingerprint density at radius 1 is 1.69 bits per heavy atom. The van der Waals surface area contributed by atoms with E-state index in [0.29, 0.717) is 12.6 Å². The molecule has 0 aliphatic carbocycles. The molecule has 6 nitrogen and oxygen atoms in total. The van der Waals surface area contributed by atoms with Crippen molar-refractivity contribution in [2.75, 3.05) is 26.7 Å². The largest absolute Gasteiger partial charge is 0.370 e. The van der Waals surface area contributed by atoms with Gasteiger partial charge in [0.25, 0.3) is 0 Å². The fourth-order valence-corrected chi connectivity index (χ4v) is 1.81. The molecule has 2 rings (SSSR count). The summed E-state index contributed by atoms with van der Waals surface area (Å²) in [5.41, 5.74) is 6.87. The quantitative estimate of drug-likeness (QED) is 0.526. The van der Waals surface area contributed by atoms with E-state index in [1.54, 1.807) is 11.7 Å². The lowest BCUT2D eigenvalue weighted by Gasteiger charge is -2.33. The van der Waals surface area contributed by atoms with Crippen LogP contribution in [0.25, 0.3) is 0 Å². The van der Waals surface area contributed by atoms with Gasteiger partial charge in [-0.05, 0) is 0 Å². The maximum Gasteiger partial charge on any atom is 0.191 e. The molecule has 0 aromatic carbocycles. The van der Waals surface area contributed by atoms with Crippen molar-refractivity contribution in [2.24, 2.45) is 17.8 Å². The molecule has 2 heterocycles. The molecule has 1 atom stereocenters. The van der Waals surface area contributed by atoms with Crippen molar-refractivity contribution in [3.63, 3.8) is 0 Å². The molecule has 1 aliphatic heterocycles. The van der Waals surface area contributed by atoms with Crippen LogP contribution >= 0.6 is 0 Å². The van der Waals surface area contributed by atoms with Crippen LogP contribution in [-0.4, -0.2) is 47.4 Å². The van der Waals surface area contributed by atoms with Crippen molar-refractivity contribution in [1.29, 1.82) is 0 Å². The Bertz CT molecular complexity index is 386. The van der Waals surface area contributed by atoms with E-state index in [2.05, 4.69) is 10.1 Å². The zero-order valence-corrected chi connectivity index (χ0v) is 9.63. The average Bonchev–Trinajstić information content (AvgIpc) is 2.75. The van der Waals surface area contributed by atoms with Gasteiger partial charge in [-0.15, -0.1) is 0 Å². The first-order valence-electron chi connectivity index (χ1n) is 5.28. The Hall–Kier alpha value is -1.56. The molecular formula is C10H17N5O. The minimum atomic E-state index is 0.0303. The molecule has 1 aromatic rings. The number of nitrogens with two attached hydrogens (primary N) is 1. The van der Waals surface area contributed by atoms with Crippen LogP contribution < -0.4 is 5.73 Å². The molecule has 6 heteroatoms. The van der Waals surface area contributed by atoms with Crippen LogP contribution in [0, 0.1) is 0 Å². The number of hydrogen-bond acceptors (Lipinski definition) is 3. The highest BCUT2D eigenvalue weighted by atomic mass is 16.5. The van der Waals surface area contributed by atoms with Gasteiger partial charge in [0.05, 0.1) is 19.3 Å². The van der Waals surface area contributed by atoms with Gasteiger partial charge >= 0.3 is 0 Å². The topological polar surface area (TPSA) is 68.7 Å². The van der Waals surface area contributed by atoms with E-state index in [1.807, 2.05) is 24.3 Å². The number of hydrogen-bond donors (Lipinski definition) is 1. The Morgan fingerprint density at radius 2 is 2.50 bits per heavy atom. The van der Waals surface area contributed by atoms with Gasteiger partial charge in [0, 0.05) is 32.4 Å². The number of guanidine groups is 1. The zero-order valence-electron chi connectivity index (χ0n) is 9.63. The van der Waals surface area contributed by atoms with Gasteiger partial charge in [-0.25, -0.2) is 0 Å². The molecule has 0 radical (unpaired) electrons. The standard InChI is InChI=1S/C10H17N5O/c1-12-10(11)15-3-4-16-9(7-15)8-5-13-14(2)6-8/h5-6,9H,3-4,7H2,1-2H3,(H2,11,12)/t9-/m1/s1. The van der Waals surface area contributed by atoms with Crippen molar-refractivity contribution < 1.29 is 4.74 Å². The van der Waals surface area contributed by atoms with Crippen LogP contribution in [0.5, 0.6) is 0 Å². The van der Waals surface area contributed by atoms with Crippen molar-refractivity contribution in [3.8, 4) is 0 Å². The number of rotatable bonds is 1. The Kier molecular flexibility index (Phi) is 3.09. The molecule has 16 heavy (non-hydrogen) atoms. The number of morpholine rings is 1. The minimum absolute atomic E-state index is 0.0303. The monoisotopic (exact) mass is 223 g/mol. The first kappa shape index (κ1) is 10.9. The Labute approximate surface area is 94.7 Å².